The van der Waals surface area contributed by atoms with Gasteiger partial charge in [0.15, 0.2) is 0 Å². The summed E-state index contributed by atoms with van der Waals surface area (Å²) >= 11 is 1.72. The van der Waals surface area contributed by atoms with Gasteiger partial charge in [-0.25, -0.2) is 4.98 Å². The van der Waals surface area contributed by atoms with Gasteiger partial charge in [-0.1, -0.05) is 13.8 Å². The molecule has 1 fully saturated rings. The number of thiazole rings is 1. The lowest BCUT2D eigenvalue weighted by atomic mass is 10.1. The third-order valence-electron chi connectivity index (χ3n) is 2.72. The molecule has 0 spiro atoms. The first-order chi connectivity index (χ1) is 6.18. The average Bonchev–Trinajstić information content (AvgIpc) is 2.75. The molecule has 0 atom stereocenters. The smallest absolute Gasteiger partial charge is 0.0953 e. The van der Waals surface area contributed by atoms with E-state index in [1.54, 1.807) is 11.3 Å². The lowest BCUT2D eigenvalue weighted by Crippen LogP contribution is -2.12. The molecule has 0 saturated heterocycles. The zero-order valence-corrected chi connectivity index (χ0v) is 8.90. The zero-order chi connectivity index (χ0) is 9.47. The topological polar surface area (TPSA) is 33.1 Å². The van der Waals surface area contributed by atoms with Gasteiger partial charge in [0, 0.05) is 16.7 Å². The summed E-state index contributed by atoms with van der Waals surface area (Å²) in [5.41, 5.74) is 1.16. The SMILES string of the molecule is CC(C)c1nc(C2(CO)CC2)cs1. The number of aliphatic hydroxyl groups excluding tert-OH is 1. The van der Waals surface area contributed by atoms with Crippen LogP contribution in [0.5, 0.6) is 0 Å². The number of hydrogen-bond donors (Lipinski definition) is 1. The molecule has 1 heterocycles. The van der Waals surface area contributed by atoms with Gasteiger partial charge < -0.3 is 5.11 Å². The summed E-state index contributed by atoms with van der Waals surface area (Å²) in [6.07, 6.45) is 2.20. The quantitative estimate of drug-likeness (QED) is 0.806. The molecule has 0 unspecified atom stereocenters. The van der Waals surface area contributed by atoms with Crippen LogP contribution in [-0.4, -0.2) is 16.7 Å². The van der Waals surface area contributed by atoms with Crippen LogP contribution in [0.2, 0.25) is 0 Å². The van der Waals surface area contributed by atoms with Crippen LogP contribution in [0, 0.1) is 0 Å². The molecule has 1 aliphatic rings. The number of aliphatic hydroxyl groups is 1. The lowest BCUT2D eigenvalue weighted by Gasteiger charge is -2.06. The Morgan fingerprint density at radius 1 is 1.62 bits per heavy atom. The van der Waals surface area contributed by atoms with Gasteiger partial charge in [-0.15, -0.1) is 11.3 Å². The maximum absolute atomic E-state index is 9.22. The molecule has 13 heavy (non-hydrogen) atoms. The molecule has 0 radical (unpaired) electrons. The Morgan fingerprint density at radius 2 is 2.31 bits per heavy atom. The molecular formula is C10H15NOS. The van der Waals surface area contributed by atoms with E-state index in [1.807, 2.05) is 0 Å². The van der Waals surface area contributed by atoms with E-state index in [0.717, 1.165) is 18.5 Å². The van der Waals surface area contributed by atoms with Crippen molar-refractivity contribution in [2.75, 3.05) is 6.61 Å². The van der Waals surface area contributed by atoms with E-state index in [2.05, 4.69) is 24.2 Å². The first-order valence-corrected chi connectivity index (χ1v) is 5.63. The minimum absolute atomic E-state index is 0.0453. The van der Waals surface area contributed by atoms with Crippen molar-refractivity contribution in [1.29, 1.82) is 0 Å². The summed E-state index contributed by atoms with van der Waals surface area (Å²) in [5.74, 6) is 0.508. The highest BCUT2D eigenvalue weighted by Gasteiger charge is 2.45. The summed E-state index contributed by atoms with van der Waals surface area (Å²) in [6.45, 7) is 4.57. The van der Waals surface area contributed by atoms with Gasteiger partial charge in [-0.05, 0) is 12.8 Å². The van der Waals surface area contributed by atoms with Gasteiger partial charge >= 0.3 is 0 Å². The second kappa shape index (κ2) is 3.07. The first kappa shape index (κ1) is 9.16. The Kier molecular flexibility index (Phi) is 2.16. The van der Waals surface area contributed by atoms with Gasteiger partial charge in [0.1, 0.15) is 0 Å². The van der Waals surface area contributed by atoms with Gasteiger partial charge in [0.25, 0.3) is 0 Å². The van der Waals surface area contributed by atoms with E-state index in [0.29, 0.717) is 5.92 Å². The first-order valence-electron chi connectivity index (χ1n) is 4.75. The van der Waals surface area contributed by atoms with Crippen molar-refractivity contribution < 1.29 is 5.11 Å². The third-order valence-corrected chi connectivity index (χ3v) is 3.86. The highest BCUT2D eigenvalue weighted by Crippen LogP contribution is 2.47. The van der Waals surface area contributed by atoms with Crippen LogP contribution in [0.1, 0.15) is 43.3 Å². The maximum Gasteiger partial charge on any atom is 0.0953 e. The zero-order valence-electron chi connectivity index (χ0n) is 8.08. The predicted octanol–water partition coefficient (Wildman–Crippen LogP) is 2.29. The second-order valence-electron chi connectivity index (χ2n) is 4.16. The summed E-state index contributed by atoms with van der Waals surface area (Å²) < 4.78 is 0. The highest BCUT2D eigenvalue weighted by atomic mass is 32.1. The Balaban J connectivity index is 2.23. The standard InChI is InChI=1S/C10H15NOS/c1-7(2)9-11-8(5-13-9)10(6-12)3-4-10/h5,7,12H,3-4,6H2,1-2H3. The molecule has 72 valence electrons. The molecule has 1 N–H and O–H groups in total. The Labute approximate surface area is 82.6 Å². The molecule has 2 nitrogen and oxygen atoms in total. The van der Waals surface area contributed by atoms with Crippen LogP contribution in [0.25, 0.3) is 0 Å². The Bertz CT molecular complexity index is 302. The molecule has 1 aromatic heterocycles. The molecule has 0 aromatic carbocycles. The van der Waals surface area contributed by atoms with Crippen molar-refractivity contribution in [3.63, 3.8) is 0 Å². The van der Waals surface area contributed by atoms with Crippen LogP contribution >= 0.6 is 11.3 Å². The van der Waals surface area contributed by atoms with Gasteiger partial charge in [-0.2, -0.15) is 0 Å². The minimum atomic E-state index is 0.0453. The fraction of sp³-hybridized carbons (Fsp3) is 0.700. The highest BCUT2D eigenvalue weighted by molar-refractivity contribution is 7.09. The monoisotopic (exact) mass is 197 g/mol. The molecule has 0 bridgehead atoms. The van der Waals surface area contributed by atoms with Crippen LogP contribution in [-0.2, 0) is 5.41 Å². The predicted molar refractivity (Wildman–Crippen MR) is 54.2 cm³/mol. The molecular weight excluding hydrogens is 182 g/mol. The Morgan fingerprint density at radius 3 is 2.69 bits per heavy atom. The lowest BCUT2D eigenvalue weighted by molar-refractivity contribution is 0.253. The summed E-state index contributed by atoms with van der Waals surface area (Å²) in [7, 11) is 0. The molecule has 1 aliphatic carbocycles. The largest absolute Gasteiger partial charge is 0.395 e. The fourth-order valence-electron chi connectivity index (χ4n) is 1.44. The molecule has 2 rings (SSSR count). The van der Waals surface area contributed by atoms with Crippen LogP contribution in [0.15, 0.2) is 5.38 Å². The van der Waals surface area contributed by atoms with Crippen molar-refractivity contribution >= 4 is 11.3 Å². The van der Waals surface area contributed by atoms with Crippen molar-refractivity contribution in [3.05, 3.63) is 16.1 Å². The number of hydrogen-bond acceptors (Lipinski definition) is 3. The molecule has 0 aliphatic heterocycles. The van der Waals surface area contributed by atoms with E-state index < -0.39 is 0 Å². The van der Waals surface area contributed by atoms with E-state index in [9.17, 15) is 5.11 Å². The summed E-state index contributed by atoms with van der Waals surface area (Å²) in [6, 6.07) is 0. The van der Waals surface area contributed by atoms with Crippen molar-refractivity contribution in [3.8, 4) is 0 Å². The normalized spacial score (nSPS) is 19.4. The van der Waals surface area contributed by atoms with Crippen molar-refractivity contribution in [2.45, 2.75) is 38.0 Å². The number of nitrogens with zero attached hydrogens (tertiary/aromatic N) is 1. The Hall–Kier alpha value is -0.410. The van der Waals surface area contributed by atoms with Crippen LogP contribution in [0.3, 0.4) is 0 Å². The molecule has 1 saturated carbocycles. The van der Waals surface area contributed by atoms with Crippen molar-refractivity contribution in [1.82, 2.24) is 4.98 Å². The maximum atomic E-state index is 9.22. The van der Waals surface area contributed by atoms with Gasteiger partial charge in [0.05, 0.1) is 17.3 Å². The summed E-state index contributed by atoms with van der Waals surface area (Å²) in [4.78, 5) is 4.57. The van der Waals surface area contributed by atoms with E-state index in [1.165, 1.54) is 5.01 Å². The number of rotatable bonds is 3. The molecule has 1 aromatic rings. The van der Waals surface area contributed by atoms with Gasteiger partial charge in [0.2, 0.25) is 0 Å². The molecule has 3 heteroatoms. The number of aromatic nitrogens is 1. The van der Waals surface area contributed by atoms with Crippen LogP contribution < -0.4 is 0 Å². The average molecular weight is 197 g/mol. The third kappa shape index (κ3) is 1.51. The molecule has 0 amide bonds. The van der Waals surface area contributed by atoms with Crippen LogP contribution in [0.4, 0.5) is 0 Å². The van der Waals surface area contributed by atoms with E-state index in [4.69, 9.17) is 0 Å². The van der Waals surface area contributed by atoms with Gasteiger partial charge in [-0.3, -0.25) is 0 Å². The fourth-order valence-corrected chi connectivity index (χ4v) is 2.40. The second-order valence-corrected chi connectivity index (χ2v) is 5.05. The summed E-state index contributed by atoms with van der Waals surface area (Å²) in [5, 5.41) is 12.5. The minimum Gasteiger partial charge on any atom is -0.395 e. The van der Waals surface area contributed by atoms with Crippen molar-refractivity contribution in [2.24, 2.45) is 0 Å². The van der Waals surface area contributed by atoms with E-state index >= 15 is 0 Å². The van der Waals surface area contributed by atoms with E-state index in [-0.39, 0.29) is 12.0 Å².